The maximum atomic E-state index is 12.7. The van der Waals surface area contributed by atoms with Crippen LogP contribution in [0.5, 0.6) is 5.75 Å². The minimum Gasteiger partial charge on any atom is -0.406 e. The highest BCUT2D eigenvalue weighted by Crippen LogP contribution is 2.32. The number of hydrogen-bond acceptors (Lipinski definition) is 5. The van der Waals surface area contributed by atoms with E-state index in [1.54, 1.807) is 11.8 Å². The molecule has 2 amide bonds. The van der Waals surface area contributed by atoms with E-state index in [1.165, 1.54) is 40.8 Å². The molecule has 1 atom stereocenters. The van der Waals surface area contributed by atoms with Crippen molar-refractivity contribution in [3.8, 4) is 22.8 Å². The van der Waals surface area contributed by atoms with E-state index in [0.717, 1.165) is 47.1 Å². The second-order valence-corrected chi connectivity index (χ2v) is 12.3. The molecule has 5 rings (SSSR count). The lowest BCUT2D eigenvalue weighted by Crippen LogP contribution is -2.29. The first-order valence-corrected chi connectivity index (χ1v) is 15.8. The van der Waals surface area contributed by atoms with Crippen molar-refractivity contribution in [2.24, 2.45) is 10.9 Å². The van der Waals surface area contributed by atoms with Crippen molar-refractivity contribution in [2.45, 2.75) is 45.9 Å². The van der Waals surface area contributed by atoms with E-state index < -0.39 is 6.36 Å². The van der Waals surface area contributed by atoms with E-state index >= 15 is 0 Å². The number of thioether (sulfide) groups is 1. The Morgan fingerprint density at radius 1 is 1.04 bits per heavy atom. The molecule has 2 heterocycles. The van der Waals surface area contributed by atoms with Crippen LogP contribution in [0.15, 0.2) is 84.1 Å². The van der Waals surface area contributed by atoms with E-state index in [1.807, 2.05) is 36.4 Å². The van der Waals surface area contributed by atoms with Crippen LogP contribution >= 0.6 is 11.8 Å². The molecule has 0 saturated carbocycles. The van der Waals surface area contributed by atoms with Crippen molar-refractivity contribution in [1.82, 2.24) is 20.1 Å². The predicted molar refractivity (Wildman–Crippen MR) is 172 cm³/mol. The first-order valence-electron chi connectivity index (χ1n) is 14.8. The maximum Gasteiger partial charge on any atom is 0.573 e. The fourth-order valence-electron chi connectivity index (χ4n) is 5.11. The molecule has 1 unspecified atom stereocenters. The van der Waals surface area contributed by atoms with Gasteiger partial charge in [0.1, 0.15) is 12.1 Å². The van der Waals surface area contributed by atoms with Crippen LogP contribution in [0.25, 0.3) is 17.1 Å². The van der Waals surface area contributed by atoms with Crippen molar-refractivity contribution in [1.29, 1.82) is 0 Å². The molecule has 1 aromatic heterocycles. The minimum atomic E-state index is -4.74. The molecular weight excluding hydrogens is 601 g/mol. The molecular formula is C33H35F3N6O2S. The van der Waals surface area contributed by atoms with E-state index in [0.29, 0.717) is 29.9 Å². The third kappa shape index (κ3) is 8.65. The highest BCUT2D eigenvalue weighted by Gasteiger charge is 2.31. The highest BCUT2D eigenvalue weighted by molar-refractivity contribution is 8.14. The smallest absolute Gasteiger partial charge is 0.406 e. The van der Waals surface area contributed by atoms with Crippen LogP contribution in [0.4, 0.5) is 23.7 Å². The number of halogens is 3. The third-order valence-corrected chi connectivity index (χ3v) is 8.32. The van der Waals surface area contributed by atoms with Gasteiger partial charge in [-0.3, -0.25) is 0 Å². The number of para-hydroxylation sites is 1. The van der Waals surface area contributed by atoms with Gasteiger partial charge in [0, 0.05) is 30.1 Å². The van der Waals surface area contributed by atoms with Crippen molar-refractivity contribution < 1.29 is 22.7 Å². The summed E-state index contributed by atoms with van der Waals surface area (Å²) in [6.07, 6.45) is -1.58. The Balaban J connectivity index is 1.10. The number of amides is 2. The topological polar surface area (TPSA) is 84.6 Å². The van der Waals surface area contributed by atoms with Gasteiger partial charge in [-0.2, -0.15) is 4.99 Å². The Labute approximate surface area is 264 Å². The normalized spacial score (nSPS) is 15.1. The number of hydrogen-bond donors (Lipinski definition) is 1. The number of nitrogens with one attached hydrogen (secondary N) is 1. The van der Waals surface area contributed by atoms with Crippen LogP contribution in [0.1, 0.15) is 44.2 Å². The number of carbonyl (C=O) groups excluding carboxylic acids is 1. The molecule has 0 aliphatic carbocycles. The summed E-state index contributed by atoms with van der Waals surface area (Å²) < 4.78 is 42.6. The summed E-state index contributed by atoms with van der Waals surface area (Å²) >= 11 is 1.60. The molecule has 4 aromatic rings. The van der Waals surface area contributed by atoms with E-state index in [9.17, 15) is 18.0 Å². The first-order chi connectivity index (χ1) is 21.6. The minimum absolute atomic E-state index is 0.300. The van der Waals surface area contributed by atoms with Gasteiger partial charge in [-0.25, -0.2) is 14.5 Å². The summed E-state index contributed by atoms with van der Waals surface area (Å²) in [7, 11) is 0. The van der Waals surface area contributed by atoms with Crippen LogP contribution < -0.4 is 15.0 Å². The number of alkyl halides is 3. The second-order valence-electron chi connectivity index (χ2n) is 11.2. The van der Waals surface area contributed by atoms with Crippen LogP contribution in [-0.4, -0.2) is 51.2 Å². The zero-order valence-corrected chi connectivity index (χ0v) is 26.1. The monoisotopic (exact) mass is 636 g/mol. The molecule has 0 spiro atoms. The predicted octanol–water partition coefficient (Wildman–Crippen LogP) is 7.84. The molecule has 45 heavy (non-hydrogen) atoms. The molecule has 1 N–H and O–H groups in total. The summed E-state index contributed by atoms with van der Waals surface area (Å²) in [5.74, 6) is 1.80. The SMILES string of the molecule is CC(CCNC(=O)/N=C1\SCCN1c1ccccc1C(C)C)Cc1ccc(-c2ncn(-c3ccc(OC(F)(F)F)cc3)n2)cc1. The third-order valence-electron chi connectivity index (χ3n) is 7.36. The highest BCUT2D eigenvalue weighted by atomic mass is 32.2. The van der Waals surface area contributed by atoms with Crippen molar-refractivity contribution in [3.63, 3.8) is 0 Å². The van der Waals surface area contributed by atoms with Gasteiger partial charge in [-0.05, 0) is 66.1 Å². The molecule has 8 nitrogen and oxygen atoms in total. The Kier molecular flexibility index (Phi) is 10.1. The van der Waals surface area contributed by atoms with Gasteiger partial charge in [-0.1, -0.05) is 75.0 Å². The summed E-state index contributed by atoms with van der Waals surface area (Å²) in [6, 6.07) is 21.3. The number of carbonyl (C=O) groups is 1. The lowest BCUT2D eigenvalue weighted by Gasteiger charge is -2.23. The standard InChI is InChI=1S/C33H35F3N6O2S/c1-22(2)28-6-4-5-7-29(28)41-18-19-45-32(41)39-31(43)37-17-16-23(3)20-24-8-10-25(11-9-24)30-38-21-42(40-30)26-12-14-27(15-13-26)44-33(34,35)36/h4-15,21-23H,16-20H2,1-3H3,(H,37,43)/b39-32-. The molecule has 1 aliphatic heterocycles. The number of amidine groups is 1. The molecule has 0 radical (unpaired) electrons. The van der Waals surface area contributed by atoms with Gasteiger partial charge in [0.2, 0.25) is 0 Å². The summed E-state index contributed by atoms with van der Waals surface area (Å²) in [6.45, 7) is 7.85. The Hall–Kier alpha value is -4.32. The molecule has 12 heteroatoms. The van der Waals surface area contributed by atoms with Crippen LogP contribution in [-0.2, 0) is 6.42 Å². The molecule has 0 bridgehead atoms. The van der Waals surface area contributed by atoms with E-state index in [-0.39, 0.29) is 11.8 Å². The van der Waals surface area contributed by atoms with Crippen LogP contribution in [0.3, 0.4) is 0 Å². The second kappa shape index (κ2) is 14.2. The van der Waals surface area contributed by atoms with Crippen molar-refractivity contribution in [2.75, 3.05) is 23.7 Å². The largest absolute Gasteiger partial charge is 0.573 e. The first kappa shape index (κ1) is 32.1. The number of aromatic nitrogens is 3. The zero-order valence-electron chi connectivity index (χ0n) is 25.3. The van der Waals surface area contributed by atoms with E-state index in [2.05, 4.69) is 62.9 Å². The Bertz CT molecular complexity index is 1620. The zero-order chi connectivity index (χ0) is 32.0. The number of rotatable bonds is 10. The average molecular weight is 637 g/mol. The van der Waals surface area contributed by atoms with Gasteiger partial charge in [0.05, 0.1) is 5.69 Å². The lowest BCUT2D eigenvalue weighted by atomic mass is 9.97. The van der Waals surface area contributed by atoms with Crippen LogP contribution in [0.2, 0.25) is 0 Å². The van der Waals surface area contributed by atoms with Gasteiger partial charge in [0.25, 0.3) is 0 Å². The number of aliphatic imine (C=N–C) groups is 1. The van der Waals surface area contributed by atoms with Gasteiger partial charge >= 0.3 is 12.4 Å². The summed E-state index contributed by atoms with van der Waals surface area (Å²) in [5.41, 5.74) is 4.89. The van der Waals surface area contributed by atoms with Gasteiger partial charge in [-0.15, -0.1) is 18.3 Å². The quantitative estimate of drug-likeness (QED) is 0.191. The molecule has 236 valence electrons. The number of nitrogens with zero attached hydrogens (tertiary/aromatic N) is 5. The molecule has 1 saturated heterocycles. The maximum absolute atomic E-state index is 12.7. The molecule has 1 fully saturated rings. The number of benzene rings is 3. The molecule has 3 aromatic carbocycles. The Morgan fingerprint density at radius 2 is 1.78 bits per heavy atom. The van der Waals surface area contributed by atoms with Crippen LogP contribution in [0, 0.1) is 5.92 Å². The number of anilines is 1. The number of ether oxygens (including phenoxy) is 1. The van der Waals surface area contributed by atoms with Crippen molar-refractivity contribution in [3.05, 3.63) is 90.3 Å². The molecule has 1 aliphatic rings. The van der Waals surface area contributed by atoms with Gasteiger partial charge in [0.15, 0.2) is 11.0 Å². The fourth-order valence-corrected chi connectivity index (χ4v) is 6.06. The number of urea groups is 1. The Morgan fingerprint density at radius 3 is 2.49 bits per heavy atom. The summed E-state index contributed by atoms with van der Waals surface area (Å²) in [4.78, 5) is 23.5. The lowest BCUT2D eigenvalue weighted by molar-refractivity contribution is -0.274. The average Bonchev–Trinajstić information content (AvgIpc) is 3.67. The van der Waals surface area contributed by atoms with E-state index in [4.69, 9.17) is 0 Å². The van der Waals surface area contributed by atoms with Gasteiger partial charge < -0.3 is 15.0 Å². The summed E-state index contributed by atoms with van der Waals surface area (Å²) in [5, 5.41) is 8.15. The van der Waals surface area contributed by atoms with Crippen molar-refractivity contribution >= 4 is 28.6 Å². The fraction of sp³-hybridized carbons (Fsp3) is 0.333.